The Morgan fingerprint density at radius 3 is 2.49 bits per heavy atom. The molecule has 8 heteroatoms. The van der Waals surface area contributed by atoms with Gasteiger partial charge in [-0.15, -0.1) is 0 Å². The van der Waals surface area contributed by atoms with Crippen LogP contribution in [0.3, 0.4) is 0 Å². The van der Waals surface area contributed by atoms with Crippen LogP contribution in [0, 0.1) is 5.92 Å². The van der Waals surface area contributed by atoms with E-state index in [2.05, 4.69) is 34.9 Å². The average molecular weight is 501 g/mol. The largest absolute Gasteiger partial charge is 0.400 e. The number of nitrogens with zero attached hydrogens (tertiary/aromatic N) is 4. The number of ether oxygens (including phenoxy) is 1. The summed E-state index contributed by atoms with van der Waals surface area (Å²) in [5, 5.41) is 13.3. The molecule has 1 fully saturated rings. The van der Waals surface area contributed by atoms with E-state index in [1.54, 1.807) is 27.1 Å². The standard InChI is InChI=1S/C29H36N6O2/c1-18(30)26(34(4)31)23-11-10-22-25-24(16-21(17-32-25)29(2,3)36)35(28(22)33-23)27(19-8-6-5-7-9-19)20-12-14-37-15-13-20/h5-11,16-17,20,27,36H,12-15,30-31H2,1-4H3/b26-18-. The Morgan fingerprint density at radius 1 is 1.16 bits per heavy atom. The number of fused-ring (bicyclic) bond motifs is 3. The van der Waals surface area contributed by atoms with E-state index < -0.39 is 5.60 Å². The van der Waals surface area contributed by atoms with Gasteiger partial charge in [-0.05, 0) is 63.3 Å². The van der Waals surface area contributed by atoms with Crippen LogP contribution in [0.4, 0.5) is 0 Å². The molecule has 4 heterocycles. The molecule has 1 unspecified atom stereocenters. The van der Waals surface area contributed by atoms with Crippen LogP contribution < -0.4 is 11.6 Å². The van der Waals surface area contributed by atoms with Crippen molar-refractivity contribution >= 4 is 27.8 Å². The minimum atomic E-state index is -1.03. The summed E-state index contributed by atoms with van der Waals surface area (Å²) in [4.78, 5) is 10.0. The highest BCUT2D eigenvalue weighted by molar-refractivity contribution is 6.05. The number of benzene rings is 1. The Balaban J connectivity index is 1.87. The van der Waals surface area contributed by atoms with Gasteiger partial charge in [0.05, 0.1) is 34.1 Å². The van der Waals surface area contributed by atoms with E-state index >= 15 is 0 Å². The third-order valence-electron chi connectivity index (χ3n) is 7.29. The van der Waals surface area contributed by atoms with Gasteiger partial charge in [0.2, 0.25) is 0 Å². The fourth-order valence-electron chi connectivity index (χ4n) is 5.50. The molecule has 1 saturated heterocycles. The molecule has 0 saturated carbocycles. The molecule has 194 valence electrons. The summed E-state index contributed by atoms with van der Waals surface area (Å²) >= 11 is 0. The van der Waals surface area contributed by atoms with Crippen LogP contribution >= 0.6 is 0 Å². The van der Waals surface area contributed by atoms with Gasteiger partial charge in [0.1, 0.15) is 5.65 Å². The van der Waals surface area contributed by atoms with E-state index in [1.807, 2.05) is 25.1 Å². The van der Waals surface area contributed by atoms with Crippen LogP contribution in [-0.4, -0.2) is 44.9 Å². The van der Waals surface area contributed by atoms with Crippen molar-refractivity contribution in [3.8, 4) is 0 Å². The molecule has 0 aliphatic carbocycles. The molecule has 0 amide bonds. The molecule has 0 spiro atoms. The van der Waals surface area contributed by atoms with E-state index in [4.69, 9.17) is 26.3 Å². The first-order valence-corrected chi connectivity index (χ1v) is 12.8. The third-order valence-corrected chi connectivity index (χ3v) is 7.29. The van der Waals surface area contributed by atoms with Crippen molar-refractivity contribution in [3.05, 3.63) is 77.2 Å². The molecule has 0 radical (unpaired) electrons. The lowest BCUT2D eigenvalue weighted by atomic mass is 9.86. The molecule has 1 atom stereocenters. The molecule has 5 N–H and O–H groups in total. The van der Waals surface area contributed by atoms with Crippen LogP contribution in [0.1, 0.15) is 56.5 Å². The SMILES string of the molecule is C/C(N)=C(\c1ccc2c3ncc(C(C)(C)O)cc3n(C(c3ccccc3)C3CCOCC3)c2n1)N(C)N. The van der Waals surface area contributed by atoms with E-state index in [1.165, 1.54) is 10.6 Å². The Labute approximate surface area is 217 Å². The van der Waals surface area contributed by atoms with Crippen molar-refractivity contribution < 1.29 is 9.84 Å². The lowest BCUT2D eigenvalue weighted by Gasteiger charge is -2.33. The van der Waals surface area contributed by atoms with Gasteiger partial charge in [0.15, 0.2) is 0 Å². The Morgan fingerprint density at radius 2 is 1.86 bits per heavy atom. The van der Waals surface area contributed by atoms with Crippen LogP contribution in [0.5, 0.6) is 0 Å². The minimum Gasteiger partial charge on any atom is -0.400 e. The maximum Gasteiger partial charge on any atom is 0.143 e. The van der Waals surface area contributed by atoms with Gasteiger partial charge in [-0.2, -0.15) is 0 Å². The zero-order valence-corrected chi connectivity index (χ0v) is 22.0. The molecule has 1 aromatic carbocycles. The molecule has 8 nitrogen and oxygen atoms in total. The minimum absolute atomic E-state index is 0.00807. The van der Waals surface area contributed by atoms with E-state index in [0.29, 0.717) is 23.0 Å². The fourth-order valence-corrected chi connectivity index (χ4v) is 5.50. The number of pyridine rings is 2. The number of allylic oxidation sites excluding steroid dienone is 1. The maximum absolute atomic E-state index is 10.8. The first kappa shape index (κ1) is 25.2. The van der Waals surface area contributed by atoms with Crippen LogP contribution in [-0.2, 0) is 10.3 Å². The van der Waals surface area contributed by atoms with Gasteiger partial charge in [-0.1, -0.05) is 30.3 Å². The summed E-state index contributed by atoms with van der Waals surface area (Å²) in [6, 6.07) is 16.6. The monoisotopic (exact) mass is 500 g/mol. The molecule has 5 rings (SSSR count). The highest BCUT2D eigenvalue weighted by atomic mass is 16.5. The van der Waals surface area contributed by atoms with E-state index in [0.717, 1.165) is 53.7 Å². The number of nitrogens with two attached hydrogens (primary N) is 2. The van der Waals surface area contributed by atoms with Crippen LogP contribution in [0.25, 0.3) is 27.8 Å². The van der Waals surface area contributed by atoms with Crippen LogP contribution in [0.2, 0.25) is 0 Å². The number of aliphatic hydroxyl groups is 1. The number of hydrogen-bond acceptors (Lipinski definition) is 7. The van der Waals surface area contributed by atoms with E-state index in [9.17, 15) is 5.11 Å². The molecule has 0 bridgehead atoms. The number of rotatable bonds is 6. The summed E-state index contributed by atoms with van der Waals surface area (Å²) in [5.74, 6) is 6.50. The van der Waals surface area contributed by atoms with Crippen LogP contribution in [0.15, 0.2) is 60.4 Å². The third kappa shape index (κ3) is 4.68. The Kier molecular flexibility index (Phi) is 6.66. The second-order valence-electron chi connectivity index (χ2n) is 10.5. The summed E-state index contributed by atoms with van der Waals surface area (Å²) < 4.78 is 8.04. The summed E-state index contributed by atoms with van der Waals surface area (Å²) in [6.07, 6.45) is 3.64. The molecular weight excluding hydrogens is 464 g/mol. The molecule has 37 heavy (non-hydrogen) atoms. The number of hydrazine groups is 1. The average Bonchev–Trinajstić information content (AvgIpc) is 3.18. The fraction of sp³-hybridized carbons (Fsp3) is 0.379. The highest BCUT2D eigenvalue weighted by Crippen LogP contribution is 2.40. The smallest absolute Gasteiger partial charge is 0.143 e. The van der Waals surface area contributed by atoms with Crippen molar-refractivity contribution in [2.24, 2.45) is 17.5 Å². The molecule has 1 aliphatic heterocycles. The molecule has 4 aromatic rings. The second-order valence-corrected chi connectivity index (χ2v) is 10.5. The molecule has 1 aliphatic rings. The first-order valence-electron chi connectivity index (χ1n) is 12.8. The maximum atomic E-state index is 10.8. The summed E-state index contributed by atoms with van der Waals surface area (Å²) in [7, 11) is 1.76. The lowest BCUT2D eigenvalue weighted by Crippen LogP contribution is -2.28. The quantitative estimate of drug-likeness (QED) is 0.267. The van der Waals surface area contributed by atoms with Gasteiger partial charge in [-0.25, -0.2) is 10.8 Å². The van der Waals surface area contributed by atoms with Gasteiger partial charge < -0.3 is 25.2 Å². The van der Waals surface area contributed by atoms with Crippen molar-refractivity contribution in [1.29, 1.82) is 0 Å². The first-order chi connectivity index (χ1) is 17.7. The zero-order valence-electron chi connectivity index (χ0n) is 22.0. The normalized spacial score (nSPS) is 16.7. The number of aromatic nitrogens is 3. The van der Waals surface area contributed by atoms with Gasteiger partial charge in [0, 0.05) is 43.1 Å². The Hall–Kier alpha value is -3.46. The molecule has 3 aromatic heterocycles. The predicted octanol–water partition coefficient (Wildman–Crippen LogP) is 4.28. The highest BCUT2D eigenvalue weighted by Gasteiger charge is 2.31. The zero-order chi connectivity index (χ0) is 26.3. The van der Waals surface area contributed by atoms with Crippen molar-refractivity contribution in [2.45, 2.75) is 45.3 Å². The second kappa shape index (κ2) is 9.78. The number of hydrogen-bond donors (Lipinski definition) is 3. The van der Waals surface area contributed by atoms with Crippen molar-refractivity contribution in [2.75, 3.05) is 20.3 Å². The van der Waals surface area contributed by atoms with Gasteiger partial charge >= 0.3 is 0 Å². The van der Waals surface area contributed by atoms with Crippen molar-refractivity contribution in [3.63, 3.8) is 0 Å². The molecular formula is C29H36N6O2. The predicted molar refractivity (Wildman–Crippen MR) is 147 cm³/mol. The summed E-state index contributed by atoms with van der Waals surface area (Å²) in [5.41, 5.74) is 11.7. The van der Waals surface area contributed by atoms with E-state index in [-0.39, 0.29) is 6.04 Å². The van der Waals surface area contributed by atoms with Gasteiger partial charge in [-0.3, -0.25) is 4.98 Å². The Bertz CT molecular complexity index is 1440. The summed E-state index contributed by atoms with van der Waals surface area (Å²) in [6.45, 7) is 6.85. The topological polar surface area (TPSA) is 115 Å². The van der Waals surface area contributed by atoms with Gasteiger partial charge in [0.25, 0.3) is 0 Å². The van der Waals surface area contributed by atoms with Crippen molar-refractivity contribution in [1.82, 2.24) is 19.5 Å². The lowest BCUT2D eigenvalue weighted by molar-refractivity contribution is 0.0552.